The largest absolute Gasteiger partial charge is 0.497 e. The number of thiophene rings is 1. The van der Waals surface area contributed by atoms with Crippen LogP contribution in [0.3, 0.4) is 0 Å². The van der Waals surface area contributed by atoms with E-state index in [9.17, 15) is 39.9 Å². The number of benzene rings is 2. The Morgan fingerprint density at radius 2 is 1.56 bits per heavy atom. The Morgan fingerprint density at radius 1 is 0.949 bits per heavy atom. The van der Waals surface area contributed by atoms with Gasteiger partial charge in [0.15, 0.2) is 0 Å². The second kappa shape index (κ2) is 10.6. The molecule has 0 unspecified atom stereocenters. The van der Waals surface area contributed by atoms with E-state index in [0.29, 0.717) is 24.3 Å². The van der Waals surface area contributed by atoms with Crippen LogP contribution in [-0.4, -0.2) is 63.0 Å². The molecule has 1 aromatic heterocycles. The first-order valence-corrected chi connectivity index (χ1v) is 13.9. The topological polar surface area (TPSA) is 70.1 Å². The van der Waals surface area contributed by atoms with Crippen LogP contribution in [0.1, 0.15) is 11.1 Å². The summed E-state index contributed by atoms with van der Waals surface area (Å²) < 4.78 is 113. The Hall–Kier alpha value is -2.81. The van der Waals surface area contributed by atoms with Crippen LogP contribution < -0.4 is 9.64 Å². The number of halogens is 6. The van der Waals surface area contributed by atoms with Crippen molar-refractivity contribution in [1.29, 1.82) is 0 Å². The van der Waals surface area contributed by atoms with Crippen molar-refractivity contribution in [3.05, 3.63) is 77.2 Å². The number of rotatable bonds is 7. The minimum absolute atomic E-state index is 0.0308. The summed E-state index contributed by atoms with van der Waals surface area (Å²) in [6.07, 6.45) is -11.7. The molecule has 0 aliphatic carbocycles. The molecule has 3 aromatic rings. The lowest BCUT2D eigenvalue weighted by Crippen LogP contribution is -2.55. The highest BCUT2D eigenvalue weighted by molar-refractivity contribution is 7.91. The second-order valence-electron chi connectivity index (χ2n) is 8.95. The zero-order valence-electron chi connectivity index (χ0n) is 20.4. The number of alkyl halides is 6. The molecular formula is C25H24F6N2O4S2. The first-order chi connectivity index (χ1) is 18.2. The van der Waals surface area contributed by atoms with E-state index < -0.39 is 39.6 Å². The Bertz CT molecular complexity index is 1350. The lowest BCUT2D eigenvalue weighted by atomic mass is 9.92. The quantitative estimate of drug-likeness (QED) is 0.382. The molecule has 212 valence electrons. The first-order valence-electron chi connectivity index (χ1n) is 11.6. The van der Waals surface area contributed by atoms with E-state index in [-0.39, 0.29) is 29.5 Å². The van der Waals surface area contributed by atoms with Crippen molar-refractivity contribution < 1.29 is 44.6 Å². The molecular weight excluding hydrogens is 570 g/mol. The van der Waals surface area contributed by atoms with Gasteiger partial charge in [0.25, 0.3) is 15.6 Å². The molecule has 6 nitrogen and oxygen atoms in total. The van der Waals surface area contributed by atoms with Crippen molar-refractivity contribution in [2.45, 2.75) is 34.6 Å². The van der Waals surface area contributed by atoms with Crippen LogP contribution in [0.15, 0.2) is 70.3 Å². The fourth-order valence-electron chi connectivity index (χ4n) is 4.51. The number of piperazine rings is 1. The summed E-state index contributed by atoms with van der Waals surface area (Å²) in [6, 6.07) is 13.0. The number of hydrogen-bond acceptors (Lipinski definition) is 6. The van der Waals surface area contributed by atoms with Gasteiger partial charge in [-0.15, -0.1) is 11.3 Å². The predicted octanol–water partition coefficient (Wildman–Crippen LogP) is 5.19. The number of anilines is 1. The van der Waals surface area contributed by atoms with Gasteiger partial charge >= 0.3 is 12.4 Å². The minimum atomic E-state index is -5.99. The average molecular weight is 595 g/mol. The normalized spacial score (nSPS) is 17.8. The van der Waals surface area contributed by atoms with Crippen LogP contribution in [0.25, 0.3) is 0 Å². The molecule has 4 rings (SSSR count). The van der Waals surface area contributed by atoms with Crippen molar-refractivity contribution in [1.82, 2.24) is 4.31 Å². The first kappa shape index (κ1) is 29.2. The number of hydrogen-bond donors (Lipinski definition) is 1. The zero-order chi connectivity index (χ0) is 28.6. The number of methoxy groups -OCH3 is 1. The summed E-state index contributed by atoms with van der Waals surface area (Å²) in [4.78, 5) is 1.74. The molecule has 0 amide bonds. The van der Waals surface area contributed by atoms with E-state index in [4.69, 9.17) is 4.74 Å². The third-order valence-corrected chi connectivity index (χ3v) is 9.84. The standard InChI is InChI=1S/C25H24F6N2O4S2/c1-37-21-10-4-17(5-11-21)15-20-16-32(39(35,36)22-3-2-14-38-22)12-13-33(20)19-8-6-18(7-9-19)23(34,24(26,27)28)25(29,30)31/h2-11,14,20,34H,12-13,15-16H2,1H3/t20-/m1/s1. The van der Waals surface area contributed by atoms with Crippen LogP contribution in [-0.2, 0) is 22.0 Å². The molecule has 1 fully saturated rings. The molecule has 39 heavy (non-hydrogen) atoms. The van der Waals surface area contributed by atoms with E-state index in [1.807, 2.05) is 0 Å². The van der Waals surface area contributed by atoms with Crippen LogP contribution in [0.2, 0.25) is 0 Å². The third kappa shape index (κ3) is 5.60. The molecule has 2 heterocycles. The molecule has 1 aliphatic heterocycles. The van der Waals surface area contributed by atoms with Gasteiger partial charge < -0.3 is 14.7 Å². The summed E-state index contributed by atoms with van der Waals surface area (Å²) >= 11 is 1.07. The summed E-state index contributed by atoms with van der Waals surface area (Å²) in [5.41, 5.74) is -5.29. The fourth-order valence-corrected chi connectivity index (χ4v) is 7.13. The van der Waals surface area contributed by atoms with Crippen LogP contribution in [0, 0.1) is 0 Å². The highest BCUT2D eigenvalue weighted by atomic mass is 32.2. The predicted molar refractivity (Wildman–Crippen MR) is 133 cm³/mol. The molecule has 1 aliphatic rings. The van der Waals surface area contributed by atoms with Gasteiger partial charge in [-0.05, 0) is 47.7 Å². The maximum Gasteiger partial charge on any atom is 0.430 e. The maximum absolute atomic E-state index is 13.3. The van der Waals surface area contributed by atoms with Crippen LogP contribution >= 0.6 is 11.3 Å². The molecule has 1 atom stereocenters. The van der Waals surface area contributed by atoms with Crippen molar-refractivity contribution >= 4 is 27.0 Å². The highest BCUT2D eigenvalue weighted by Gasteiger charge is 2.71. The molecule has 14 heteroatoms. The van der Waals surface area contributed by atoms with Gasteiger partial charge in [0, 0.05) is 36.9 Å². The summed E-state index contributed by atoms with van der Waals surface area (Å²) in [5.74, 6) is 0.610. The molecule has 0 spiro atoms. The molecule has 0 bridgehead atoms. The lowest BCUT2D eigenvalue weighted by Gasteiger charge is -2.42. The van der Waals surface area contributed by atoms with Crippen LogP contribution in [0.5, 0.6) is 5.75 Å². The van der Waals surface area contributed by atoms with Crippen molar-refractivity contribution in [2.75, 3.05) is 31.6 Å². The van der Waals surface area contributed by atoms with Gasteiger partial charge in [-0.25, -0.2) is 8.42 Å². The van der Waals surface area contributed by atoms with Crippen molar-refractivity contribution in [2.24, 2.45) is 0 Å². The van der Waals surface area contributed by atoms with Crippen molar-refractivity contribution in [3.63, 3.8) is 0 Å². The van der Waals surface area contributed by atoms with Gasteiger partial charge in [-0.2, -0.15) is 30.6 Å². The third-order valence-electron chi connectivity index (χ3n) is 6.60. The van der Waals surface area contributed by atoms with E-state index in [1.165, 1.54) is 17.5 Å². The average Bonchev–Trinajstić information content (AvgIpc) is 3.44. The van der Waals surface area contributed by atoms with E-state index in [0.717, 1.165) is 29.0 Å². The SMILES string of the molecule is COc1ccc(C[C@@H]2CN(S(=O)(=O)c3cccs3)CCN2c2ccc(C(O)(C(F)(F)F)C(F)(F)F)cc2)cc1. The van der Waals surface area contributed by atoms with Gasteiger partial charge in [0.2, 0.25) is 0 Å². The zero-order valence-corrected chi connectivity index (χ0v) is 22.0. The summed E-state index contributed by atoms with van der Waals surface area (Å²) in [5, 5.41) is 11.4. The number of aliphatic hydroxyl groups is 1. The maximum atomic E-state index is 13.3. The number of sulfonamides is 1. The van der Waals surface area contributed by atoms with Crippen molar-refractivity contribution in [3.8, 4) is 5.75 Å². The second-order valence-corrected chi connectivity index (χ2v) is 12.1. The van der Waals surface area contributed by atoms with E-state index in [2.05, 4.69) is 0 Å². The number of ether oxygens (including phenoxy) is 1. The Labute approximate surface area is 225 Å². The Kier molecular flexibility index (Phi) is 7.96. The van der Waals surface area contributed by atoms with Gasteiger partial charge in [-0.3, -0.25) is 0 Å². The van der Waals surface area contributed by atoms with Gasteiger partial charge in [-0.1, -0.05) is 30.3 Å². The highest BCUT2D eigenvalue weighted by Crippen LogP contribution is 2.50. The fraction of sp³-hybridized carbons (Fsp3) is 0.360. The van der Waals surface area contributed by atoms with E-state index >= 15 is 0 Å². The monoisotopic (exact) mass is 594 g/mol. The van der Waals surface area contributed by atoms with Crippen LogP contribution in [0.4, 0.5) is 32.0 Å². The Morgan fingerprint density at radius 3 is 2.08 bits per heavy atom. The molecule has 2 aromatic carbocycles. The van der Waals surface area contributed by atoms with Gasteiger partial charge in [0.1, 0.15) is 9.96 Å². The van der Waals surface area contributed by atoms with Gasteiger partial charge in [0.05, 0.1) is 7.11 Å². The smallest absolute Gasteiger partial charge is 0.430 e. The van der Waals surface area contributed by atoms with E-state index in [1.54, 1.807) is 40.6 Å². The summed E-state index contributed by atoms with van der Waals surface area (Å²) in [7, 11) is -2.29. The number of nitrogens with zero attached hydrogens (tertiary/aromatic N) is 2. The summed E-state index contributed by atoms with van der Waals surface area (Å²) in [6.45, 7) is 0.215. The minimum Gasteiger partial charge on any atom is -0.497 e. The molecule has 1 saturated heterocycles. The molecule has 0 radical (unpaired) electrons. The molecule has 1 N–H and O–H groups in total. The molecule has 0 saturated carbocycles. The Balaban J connectivity index is 1.66. The lowest BCUT2D eigenvalue weighted by molar-refractivity contribution is -0.376.